The molecule has 2 N–H and O–H groups in total. The van der Waals surface area contributed by atoms with Gasteiger partial charge in [0.2, 0.25) is 0 Å². The van der Waals surface area contributed by atoms with Crippen molar-refractivity contribution >= 4 is 8.32 Å². The van der Waals surface area contributed by atoms with E-state index in [4.69, 9.17) is 4.43 Å². The molecule has 0 heterocycles. The molecule has 3 atom stereocenters. The van der Waals surface area contributed by atoms with E-state index < -0.39 is 20.5 Å². The molecule has 0 aliphatic heterocycles. The highest BCUT2D eigenvalue weighted by Gasteiger charge is 2.42. The zero-order valence-electron chi connectivity index (χ0n) is 15.8. The summed E-state index contributed by atoms with van der Waals surface area (Å²) in [4.78, 5) is 0. The van der Waals surface area contributed by atoms with E-state index in [0.717, 1.165) is 29.6 Å². The summed E-state index contributed by atoms with van der Waals surface area (Å²) < 4.78 is 6.56. The highest BCUT2D eigenvalue weighted by Crippen LogP contribution is 2.43. The lowest BCUT2D eigenvalue weighted by Crippen LogP contribution is -2.44. The van der Waals surface area contributed by atoms with Crippen LogP contribution in [0.15, 0.2) is 41.5 Å². The molecule has 2 rings (SSSR count). The standard InChI is InChI=1S/C20H32O3Si/c1-14(21)18-16(19(22)15-10-8-7-9-11-15)12-13-17(18)23-24(5,6)20(2,3)4/h7-11,14,17,19,21-22H,12-13H2,1-6H3. The lowest BCUT2D eigenvalue weighted by Gasteiger charge is -2.39. The van der Waals surface area contributed by atoms with Crippen LogP contribution in [-0.2, 0) is 4.43 Å². The van der Waals surface area contributed by atoms with Crippen molar-refractivity contribution in [2.24, 2.45) is 0 Å². The van der Waals surface area contributed by atoms with Gasteiger partial charge in [-0.25, -0.2) is 0 Å². The largest absolute Gasteiger partial charge is 0.410 e. The van der Waals surface area contributed by atoms with Gasteiger partial charge in [0.05, 0.1) is 12.2 Å². The Morgan fingerprint density at radius 2 is 1.71 bits per heavy atom. The molecule has 24 heavy (non-hydrogen) atoms. The minimum absolute atomic E-state index is 0.0840. The van der Waals surface area contributed by atoms with Gasteiger partial charge in [-0.05, 0) is 54.6 Å². The van der Waals surface area contributed by atoms with Crippen molar-refractivity contribution in [3.05, 3.63) is 47.0 Å². The summed E-state index contributed by atoms with van der Waals surface area (Å²) in [6.45, 7) is 12.9. The molecule has 0 bridgehead atoms. The molecule has 1 aromatic carbocycles. The molecule has 1 aliphatic rings. The normalized spacial score (nSPS) is 21.9. The molecular weight excluding hydrogens is 316 g/mol. The van der Waals surface area contributed by atoms with Crippen molar-refractivity contribution in [1.29, 1.82) is 0 Å². The topological polar surface area (TPSA) is 49.7 Å². The molecular formula is C20H32O3Si. The first kappa shape index (κ1) is 19.4. The van der Waals surface area contributed by atoms with E-state index in [1.165, 1.54) is 0 Å². The highest BCUT2D eigenvalue weighted by atomic mass is 28.4. The second-order valence-corrected chi connectivity index (χ2v) is 13.1. The second kappa shape index (κ2) is 7.12. The van der Waals surface area contributed by atoms with Crippen molar-refractivity contribution in [1.82, 2.24) is 0 Å². The third-order valence-electron chi connectivity index (χ3n) is 5.53. The number of aliphatic hydroxyl groups is 2. The van der Waals surface area contributed by atoms with Gasteiger partial charge in [0.25, 0.3) is 0 Å². The van der Waals surface area contributed by atoms with E-state index in [1.807, 2.05) is 30.3 Å². The average molecular weight is 349 g/mol. The van der Waals surface area contributed by atoms with Crippen LogP contribution in [-0.4, -0.2) is 30.7 Å². The van der Waals surface area contributed by atoms with Gasteiger partial charge in [0.1, 0.15) is 6.10 Å². The fourth-order valence-corrected chi connectivity index (χ4v) is 4.43. The van der Waals surface area contributed by atoms with Gasteiger partial charge in [-0.2, -0.15) is 0 Å². The molecule has 0 saturated heterocycles. The van der Waals surface area contributed by atoms with Crippen molar-refractivity contribution in [2.75, 3.05) is 0 Å². The number of rotatable bonds is 5. The van der Waals surface area contributed by atoms with Crippen LogP contribution < -0.4 is 0 Å². The van der Waals surface area contributed by atoms with Crippen LogP contribution in [0.4, 0.5) is 0 Å². The van der Waals surface area contributed by atoms with Gasteiger partial charge >= 0.3 is 0 Å². The minimum atomic E-state index is -1.93. The zero-order valence-corrected chi connectivity index (χ0v) is 16.8. The summed E-state index contributed by atoms with van der Waals surface area (Å²) in [6.07, 6.45) is 0.264. The van der Waals surface area contributed by atoms with Crippen molar-refractivity contribution in [3.63, 3.8) is 0 Å². The molecule has 3 nitrogen and oxygen atoms in total. The highest BCUT2D eigenvalue weighted by molar-refractivity contribution is 6.74. The summed E-state index contributed by atoms with van der Waals surface area (Å²) in [5.74, 6) is 0. The molecule has 0 fully saturated rings. The Morgan fingerprint density at radius 1 is 1.12 bits per heavy atom. The van der Waals surface area contributed by atoms with Gasteiger partial charge in [0, 0.05) is 0 Å². The Morgan fingerprint density at radius 3 is 2.21 bits per heavy atom. The number of hydrogen-bond acceptors (Lipinski definition) is 3. The maximum atomic E-state index is 10.8. The summed E-state index contributed by atoms with van der Waals surface area (Å²) in [6, 6.07) is 9.66. The monoisotopic (exact) mass is 348 g/mol. The predicted octanol–water partition coefficient (Wildman–Crippen LogP) is 4.58. The minimum Gasteiger partial charge on any atom is -0.410 e. The van der Waals surface area contributed by atoms with E-state index >= 15 is 0 Å². The first-order valence-corrected chi connectivity index (χ1v) is 11.8. The van der Waals surface area contributed by atoms with Crippen LogP contribution >= 0.6 is 0 Å². The molecule has 134 valence electrons. The third kappa shape index (κ3) is 3.99. The smallest absolute Gasteiger partial charge is 0.192 e. The Labute approximate surface area is 147 Å². The molecule has 0 amide bonds. The second-order valence-electron chi connectivity index (χ2n) is 8.38. The van der Waals surface area contributed by atoms with Crippen LogP contribution in [0.25, 0.3) is 0 Å². The molecule has 0 spiro atoms. The first-order chi connectivity index (χ1) is 11.0. The van der Waals surface area contributed by atoms with Crippen molar-refractivity contribution in [2.45, 2.75) is 77.0 Å². The first-order valence-electron chi connectivity index (χ1n) is 8.86. The van der Waals surface area contributed by atoms with Crippen LogP contribution in [0.5, 0.6) is 0 Å². The average Bonchev–Trinajstić information content (AvgIpc) is 2.89. The molecule has 0 saturated carbocycles. The molecule has 0 radical (unpaired) electrons. The van der Waals surface area contributed by atoms with Gasteiger partial charge in [-0.3, -0.25) is 0 Å². The van der Waals surface area contributed by atoms with Gasteiger partial charge in [0.15, 0.2) is 8.32 Å². The predicted molar refractivity (Wildman–Crippen MR) is 101 cm³/mol. The maximum absolute atomic E-state index is 10.8. The van der Waals surface area contributed by atoms with E-state index in [9.17, 15) is 10.2 Å². The molecule has 1 aromatic rings. The summed E-state index contributed by atoms with van der Waals surface area (Å²) in [5.41, 5.74) is 2.69. The van der Waals surface area contributed by atoms with Gasteiger partial charge < -0.3 is 14.6 Å². The Bertz CT molecular complexity index is 585. The molecule has 1 aliphatic carbocycles. The fourth-order valence-electron chi connectivity index (χ4n) is 3.12. The van der Waals surface area contributed by atoms with Crippen molar-refractivity contribution in [3.8, 4) is 0 Å². The lowest BCUT2D eigenvalue weighted by molar-refractivity contribution is 0.157. The number of benzene rings is 1. The van der Waals surface area contributed by atoms with Crippen LogP contribution in [0.3, 0.4) is 0 Å². The van der Waals surface area contributed by atoms with Crippen LogP contribution in [0, 0.1) is 0 Å². The summed E-state index contributed by atoms with van der Waals surface area (Å²) >= 11 is 0. The molecule has 3 unspecified atom stereocenters. The van der Waals surface area contributed by atoms with E-state index in [0.29, 0.717) is 0 Å². The fraction of sp³-hybridized carbons (Fsp3) is 0.600. The SMILES string of the molecule is CC(O)C1=C(C(O)c2ccccc2)CCC1O[Si](C)(C)C(C)(C)C. The quantitative estimate of drug-likeness (QED) is 0.605. The summed E-state index contributed by atoms with van der Waals surface area (Å²) in [7, 11) is -1.93. The maximum Gasteiger partial charge on any atom is 0.192 e. The number of hydrogen-bond donors (Lipinski definition) is 2. The van der Waals surface area contributed by atoms with Gasteiger partial charge in [-0.15, -0.1) is 0 Å². The van der Waals surface area contributed by atoms with Gasteiger partial charge in [-0.1, -0.05) is 51.1 Å². The van der Waals surface area contributed by atoms with Crippen LogP contribution in [0.2, 0.25) is 18.1 Å². The third-order valence-corrected chi connectivity index (χ3v) is 10.0. The Hall–Kier alpha value is -0.943. The Kier molecular flexibility index (Phi) is 5.75. The molecule has 0 aromatic heterocycles. The summed E-state index contributed by atoms with van der Waals surface area (Å²) in [5, 5.41) is 21.3. The number of aliphatic hydroxyl groups excluding tert-OH is 2. The zero-order chi connectivity index (χ0) is 18.1. The molecule has 4 heteroatoms. The van der Waals surface area contributed by atoms with E-state index in [-0.39, 0.29) is 11.1 Å². The van der Waals surface area contributed by atoms with E-state index in [1.54, 1.807) is 6.92 Å². The van der Waals surface area contributed by atoms with E-state index in [2.05, 4.69) is 33.9 Å². The Balaban J connectivity index is 2.32. The van der Waals surface area contributed by atoms with Crippen LogP contribution in [0.1, 0.15) is 52.2 Å². The van der Waals surface area contributed by atoms with Crippen molar-refractivity contribution < 1.29 is 14.6 Å². The lowest BCUT2D eigenvalue weighted by atomic mass is 9.96.